The highest BCUT2D eigenvalue weighted by Crippen LogP contribution is 2.28. The van der Waals surface area contributed by atoms with Crippen LogP contribution in [0.25, 0.3) is 11.1 Å². The van der Waals surface area contributed by atoms with Crippen LogP contribution in [0.1, 0.15) is 40.7 Å². The van der Waals surface area contributed by atoms with Crippen molar-refractivity contribution in [1.82, 2.24) is 0 Å². The quantitative estimate of drug-likeness (QED) is 0.304. The second-order valence-electron chi connectivity index (χ2n) is 7.03. The van der Waals surface area contributed by atoms with Crippen LogP contribution in [-0.2, 0) is 6.61 Å². The lowest BCUT2D eigenvalue weighted by Crippen LogP contribution is -2.02. The molecule has 4 heteroatoms. The summed E-state index contributed by atoms with van der Waals surface area (Å²) >= 11 is 0. The second-order valence-corrected chi connectivity index (χ2v) is 7.03. The number of aldehydes is 1. The van der Waals surface area contributed by atoms with Crippen LogP contribution in [0.3, 0.4) is 0 Å². The minimum atomic E-state index is 0.425. The number of carbonyl (C=O) groups excluding carboxylic acids is 1. The molecular formula is C26H25NO3. The molecule has 0 aliphatic heterocycles. The van der Waals surface area contributed by atoms with Gasteiger partial charge in [0.2, 0.25) is 0 Å². The third-order valence-corrected chi connectivity index (χ3v) is 4.98. The van der Waals surface area contributed by atoms with Gasteiger partial charge in [-0.05, 0) is 54.2 Å². The Kier molecular flexibility index (Phi) is 7.63. The standard InChI is InChI=1S/C26H25NO3/c1-20-23(11-8-12-25(20)21-9-4-2-5-10-21)19-30-24-14-13-22(18-28)26(17-24)29-16-7-3-6-15-27/h2,4-5,8-14,17-18H,3,6-7,16,19H2,1H3. The molecule has 4 nitrogen and oxygen atoms in total. The maximum absolute atomic E-state index is 11.3. The first-order valence-electron chi connectivity index (χ1n) is 10.1. The van der Waals surface area contributed by atoms with Crippen LogP contribution in [0.4, 0.5) is 0 Å². The zero-order valence-electron chi connectivity index (χ0n) is 17.1. The molecule has 0 heterocycles. The lowest BCUT2D eigenvalue weighted by molar-refractivity contribution is 0.111. The minimum absolute atomic E-state index is 0.425. The second kappa shape index (κ2) is 10.8. The first-order chi connectivity index (χ1) is 14.7. The van der Waals surface area contributed by atoms with Crippen molar-refractivity contribution in [2.75, 3.05) is 6.61 Å². The molecular weight excluding hydrogens is 374 g/mol. The van der Waals surface area contributed by atoms with Crippen molar-refractivity contribution in [3.63, 3.8) is 0 Å². The Bertz CT molecular complexity index is 1020. The minimum Gasteiger partial charge on any atom is -0.493 e. The molecule has 0 aliphatic carbocycles. The van der Waals surface area contributed by atoms with E-state index in [0.29, 0.717) is 36.7 Å². The molecule has 0 fully saturated rings. The molecule has 30 heavy (non-hydrogen) atoms. The SMILES string of the molecule is Cc1c(COc2ccc(C=O)c(OCCCCC#N)c2)cccc1-c1ccccc1. The van der Waals surface area contributed by atoms with Gasteiger partial charge < -0.3 is 9.47 Å². The van der Waals surface area contributed by atoms with Crippen LogP contribution in [0, 0.1) is 18.3 Å². The molecule has 0 spiro atoms. The molecule has 0 radical (unpaired) electrons. The lowest BCUT2D eigenvalue weighted by Gasteiger charge is -2.14. The monoisotopic (exact) mass is 399 g/mol. The number of hydrogen-bond donors (Lipinski definition) is 0. The van der Waals surface area contributed by atoms with Crippen molar-refractivity contribution in [2.24, 2.45) is 0 Å². The van der Waals surface area contributed by atoms with E-state index in [1.54, 1.807) is 18.2 Å². The van der Waals surface area contributed by atoms with Gasteiger partial charge in [-0.15, -0.1) is 0 Å². The molecule has 0 saturated carbocycles. The number of nitrogens with zero attached hydrogens (tertiary/aromatic N) is 1. The summed E-state index contributed by atoms with van der Waals surface area (Å²) in [5.74, 6) is 1.16. The first kappa shape index (κ1) is 21.1. The fraction of sp³-hybridized carbons (Fsp3) is 0.231. The molecule has 3 aromatic rings. The Hall–Kier alpha value is -3.58. The average Bonchev–Trinajstić information content (AvgIpc) is 2.79. The van der Waals surface area contributed by atoms with Crippen LogP contribution in [0.5, 0.6) is 11.5 Å². The van der Waals surface area contributed by atoms with Crippen molar-refractivity contribution in [3.05, 3.63) is 83.4 Å². The van der Waals surface area contributed by atoms with Gasteiger partial charge >= 0.3 is 0 Å². The zero-order chi connectivity index (χ0) is 21.2. The summed E-state index contributed by atoms with van der Waals surface area (Å²) in [7, 11) is 0. The number of nitriles is 1. The Morgan fingerprint density at radius 1 is 0.967 bits per heavy atom. The van der Waals surface area contributed by atoms with E-state index in [9.17, 15) is 4.79 Å². The summed E-state index contributed by atoms with van der Waals surface area (Å²) in [4.78, 5) is 11.3. The normalized spacial score (nSPS) is 10.3. The molecule has 152 valence electrons. The highest BCUT2D eigenvalue weighted by atomic mass is 16.5. The fourth-order valence-corrected chi connectivity index (χ4v) is 3.25. The molecule has 0 N–H and O–H groups in total. The van der Waals surface area contributed by atoms with Gasteiger partial charge in [0.1, 0.15) is 18.1 Å². The van der Waals surface area contributed by atoms with Gasteiger partial charge in [0.05, 0.1) is 18.2 Å². The molecule has 0 saturated heterocycles. The maximum Gasteiger partial charge on any atom is 0.153 e. The molecule has 0 amide bonds. The van der Waals surface area contributed by atoms with Gasteiger partial charge in [-0.3, -0.25) is 4.79 Å². The molecule has 3 aromatic carbocycles. The Balaban J connectivity index is 1.69. The average molecular weight is 399 g/mol. The van der Waals surface area contributed by atoms with E-state index >= 15 is 0 Å². The van der Waals surface area contributed by atoms with Gasteiger partial charge in [0.15, 0.2) is 6.29 Å². The molecule has 0 bridgehead atoms. The van der Waals surface area contributed by atoms with Gasteiger partial charge in [-0.1, -0.05) is 48.5 Å². The molecule has 0 atom stereocenters. The summed E-state index contributed by atoms with van der Waals surface area (Å²) in [5.41, 5.74) is 5.15. The van der Waals surface area contributed by atoms with E-state index in [-0.39, 0.29) is 0 Å². The van der Waals surface area contributed by atoms with Crippen molar-refractivity contribution in [1.29, 1.82) is 5.26 Å². The predicted octanol–water partition coefficient (Wildman–Crippen LogP) is 6.13. The van der Waals surface area contributed by atoms with E-state index in [0.717, 1.165) is 24.7 Å². The van der Waals surface area contributed by atoms with Crippen LogP contribution < -0.4 is 9.47 Å². The number of carbonyl (C=O) groups is 1. The lowest BCUT2D eigenvalue weighted by atomic mass is 9.97. The number of unbranched alkanes of at least 4 members (excludes halogenated alkanes) is 2. The van der Waals surface area contributed by atoms with Crippen molar-refractivity contribution >= 4 is 6.29 Å². The van der Waals surface area contributed by atoms with E-state index < -0.39 is 0 Å². The summed E-state index contributed by atoms with van der Waals surface area (Å²) in [6.07, 6.45) is 2.83. The summed E-state index contributed by atoms with van der Waals surface area (Å²) in [6, 6.07) is 23.9. The zero-order valence-corrected chi connectivity index (χ0v) is 17.1. The molecule has 0 aromatic heterocycles. The van der Waals surface area contributed by atoms with Crippen LogP contribution in [-0.4, -0.2) is 12.9 Å². The van der Waals surface area contributed by atoms with Gasteiger partial charge in [0.25, 0.3) is 0 Å². The van der Waals surface area contributed by atoms with E-state index in [4.69, 9.17) is 14.7 Å². The number of hydrogen-bond acceptors (Lipinski definition) is 4. The summed E-state index contributed by atoms with van der Waals surface area (Å²) < 4.78 is 11.8. The van der Waals surface area contributed by atoms with E-state index in [1.165, 1.54) is 16.7 Å². The molecule has 3 rings (SSSR count). The van der Waals surface area contributed by atoms with Crippen molar-refractivity contribution < 1.29 is 14.3 Å². The molecule has 0 aliphatic rings. The first-order valence-corrected chi connectivity index (χ1v) is 10.1. The van der Waals surface area contributed by atoms with Crippen molar-refractivity contribution in [2.45, 2.75) is 32.8 Å². The topological polar surface area (TPSA) is 59.3 Å². The highest BCUT2D eigenvalue weighted by Gasteiger charge is 2.09. The van der Waals surface area contributed by atoms with Gasteiger partial charge in [0, 0.05) is 12.5 Å². The Morgan fingerprint density at radius 3 is 2.57 bits per heavy atom. The largest absolute Gasteiger partial charge is 0.493 e. The third-order valence-electron chi connectivity index (χ3n) is 4.98. The van der Waals surface area contributed by atoms with Crippen LogP contribution >= 0.6 is 0 Å². The van der Waals surface area contributed by atoms with E-state index in [1.807, 2.05) is 24.3 Å². The summed E-state index contributed by atoms with van der Waals surface area (Å²) in [6.45, 7) is 2.99. The Labute approximate surface area is 177 Å². The smallest absolute Gasteiger partial charge is 0.153 e. The predicted molar refractivity (Wildman–Crippen MR) is 118 cm³/mol. The maximum atomic E-state index is 11.3. The number of rotatable bonds is 10. The highest BCUT2D eigenvalue weighted by molar-refractivity contribution is 5.79. The Morgan fingerprint density at radius 2 is 1.80 bits per heavy atom. The van der Waals surface area contributed by atoms with Gasteiger partial charge in [-0.2, -0.15) is 5.26 Å². The van der Waals surface area contributed by atoms with Crippen LogP contribution in [0.15, 0.2) is 66.7 Å². The number of ether oxygens (including phenoxy) is 2. The van der Waals surface area contributed by atoms with Crippen LogP contribution in [0.2, 0.25) is 0 Å². The van der Waals surface area contributed by atoms with Crippen molar-refractivity contribution in [3.8, 4) is 28.7 Å². The fourth-order valence-electron chi connectivity index (χ4n) is 3.25. The summed E-state index contributed by atoms with van der Waals surface area (Å²) in [5, 5.41) is 8.60. The van der Waals surface area contributed by atoms with Gasteiger partial charge in [-0.25, -0.2) is 0 Å². The third kappa shape index (κ3) is 5.48. The number of benzene rings is 3. The molecule has 0 unspecified atom stereocenters. The van der Waals surface area contributed by atoms with E-state index in [2.05, 4.69) is 37.3 Å².